The van der Waals surface area contributed by atoms with Gasteiger partial charge in [-0.15, -0.1) is 0 Å². The molecular weight excluding hydrogens is 523 g/mol. The highest BCUT2D eigenvalue weighted by Gasteiger charge is 2.42. The van der Waals surface area contributed by atoms with Crippen LogP contribution >= 0.6 is 0 Å². The van der Waals surface area contributed by atoms with Crippen molar-refractivity contribution in [3.8, 4) is 0 Å². The second-order valence-corrected chi connectivity index (χ2v) is 9.30. The van der Waals surface area contributed by atoms with E-state index in [-0.39, 0.29) is 18.3 Å². The van der Waals surface area contributed by atoms with Crippen molar-refractivity contribution in [1.29, 1.82) is 0 Å². The van der Waals surface area contributed by atoms with E-state index in [1.54, 1.807) is 0 Å². The van der Waals surface area contributed by atoms with E-state index in [0.717, 1.165) is 0 Å². The molecule has 1 atom stereocenters. The number of aromatic amines is 1. The SMILES string of the molecule is Cc1[nH]c(CNCCC(O)c2cc(C(F)(F)F)cc(C(F)(F)F)c2)c(C(F)(F)F)c1C(=O)OC(C)(C)C. The molecule has 5 nitrogen and oxygen atoms in total. The van der Waals surface area contributed by atoms with Crippen molar-refractivity contribution in [2.45, 2.75) is 70.9 Å². The number of H-pyrrole nitrogens is 1. The Morgan fingerprint density at radius 2 is 1.46 bits per heavy atom. The fourth-order valence-electron chi connectivity index (χ4n) is 3.51. The Balaban J connectivity index is 2.19. The van der Waals surface area contributed by atoms with Crippen molar-refractivity contribution < 1.29 is 54.2 Å². The monoisotopic (exact) mass is 548 g/mol. The summed E-state index contributed by atoms with van der Waals surface area (Å²) < 4.78 is 124. The largest absolute Gasteiger partial charge is 0.456 e. The molecule has 0 spiro atoms. The summed E-state index contributed by atoms with van der Waals surface area (Å²) in [5.41, 5.74) is -7.42. The topological polar surface area (TPSA) is 74.4 Å². The number of hydrogen-bond donors (Lipinski definition) is 3. The number of aryl methyl sites for hydroxylation is 1. The minimum absolute atomic E-state index is 0.0804. The molecule has 0 aliphatic heterocycles. The Bertz CT molecular complexity index is 1080. The van der Waals surface area contributed by atoms with Gasteiger partial charge in [-0.25, -0.2) is 4.79 Å². The molecular formula is C23H25F9N2O3. The van der Waals surface area contributed by atoms with Gasteiger partial charge in [0.15, 0.2) is 0 Å². The zero-order chi connectivity index (χ0) is 28.6. The van der Waals surface area contributed by atoms with Crippen LogP contribution in [-0.4, -0.2) is 28.2 Å². The van der Waals surface area contributed by atoms with Gasteiger partial charge in [-0.2, -0.15) is 39.5 Å². The van der Waals surface area contributed by atoms with Crippen LogP contribution in [0.4, 0.5) is 39.5 Å². The smallest absolute Gasteiger partial charge is 0.419 e. The molecule has 0 amide bonds. The van der Waals surface area contributed by atoms with E-state index in [9.17, 15) is 49.4 Å². The van der Waals surface area contributed by atoms with Crippen LogP contribution < -0.4 is 5.32 Å². The first-order chi connectivity index (χ1) is 16.6. The molecule has 37 heavy (non-hydrogen) atoms. The number of aliphatic hydroxyl groups excluding tert-OH is 1. The molecule has 0 aliphatic rings. The van der Waals surface area contributed by atoms with Crippen LogP contribution in [0.2, 0.25) is 0 Å². The number of halogens is 9. The number of hydrogen-bond acceptors (Lipinski definition) is 4. The molecule has 3 N–H and O–H groups in total. The Labute approximate surface area is 206 Å². The van der Waals surface area contributed by atoms with Gasteiger partial charge in [-0.05, 0) is 64.4 Å². The highest BCUT2D eigenvalue weighted by molar-refractivity contribution is 5.93. The Morgan fingerprint density at radius 3 is 1.89 bits per heavy atom. The molecule has 0 aliphatic carbocycles. The standard InChI is InChI=1S/C23H25F9N2O3/c1-11-17(19(36)37-20(2,3)4)18(23(30,31)32)15(34-11)10-33-6-5-16(35)12-7-13(21(24,25)26)9-14(8-12)22(27,28)29/h7-9,16,33-35H,5-6,10H2,1-4H3. The van der Waals surface area contributed by atoms with Crippen molar-refractivity contribution in [2.24, 2.45) is 0 Å². The van der Waals surface area contributed by atoms with Crippen molar-refractivity contribution in [2.75, 3.05) is 6.54 Å². The maximum atomic E-state index is 13.8. The van der Waals surface area contributed by atoms with Gasteiger partial charge in [0.2, 0.25) is 0 Å². The predicted molar refractivity (Wildman–Crippen MR) is 113 cm³/mol. The third-order valence-corrected chi connectivity index (χ3v) is 5.04. The number of carbonyl (C=O) groups excluding carboxylic acids is 1. The summed E-state index contributed by atoms with van der Waals surface area (Å²) in [5.74, 6) is -1.19. The van der Waals surface area contributed by atoms with Crippen molar-refractivity contribution >= 4 is 5.97 Å². The third kappa shape index (κ3) is 8.12. The molecule has 2 aromatic rings. The van der Waals surface area contributed by atoms with Crippen LogP contribution in [0.1, 0.15) is 77.3 Å². The summed E-state index contributed by atoms with van der Waals surface area (Å²) >= 11 is 0. The van der Waals surface area contributed by atoms with Gasteiger partial charge in [0.25, 0.3) is 0 Å². The first-order valence-corrected chi connectivity index (χ1v) is 10.8. The number of rotatable bonds is 7. The molecule has 1 aromatic heterocycles. The van der Waals surface area contributed by atoms with Gasteiger partial charge in [-0.1, -0.05) is 0 Å². The second-order valence-electron chi connectivity index (χ2n) is 9.30. The average Bonchev–Trinajstić information content (AvgIpc) is 3.04. The van der Waals surface area contributed by atoms with E-state index in [1.165, 1.54) is 27.7 Å². The number of benzene rings is 1. The summed E-state index contributed by atoms with van der Waals surface area (Å²) in [5, 5.41) is 12.7. The summed E-state index contributed by atoms with van der Waals surface area (Å²) in [7, 11) is 0. The predicted octanol–water partition coefficient (Wildman–Crippen LogP) is 6.55. The van der Waals surface area contributed by atoms with E-state index >= 15 is 0 Å². The van der Waals surface area contributed by atoms with E-state index in [4.69, 9.17) is 4.74 Å². The zero-order valence-electron chi connectivity index (χ0n) is 20.1. The molecule has 0 saturated heterocycles. The zero-order valence-corrected chi connectivity index (χ0v) is 20.1. The number of nitrogens with one attached hydrogen (secondary N) is 2. The maximum absolute atomic E-state index is 13.8. The fraction of sp³-hybridized carbons (Fsp3) is 0.522. The molecule has 14 heteroatoms. The molecule has 208 valence electrons. The van der Waals surface area contributed by atoms with Gasteiger partial charge in [-0.3, -0.25) is 0 Å². The highest BCUT2D eigenvalue weighted by Crippen LogP contribution is 2.39. The molecule has 0 bridgehead atoms. The molecule has 0 saturated carbocycles. The van der Waals surface area contributed by atoms with E-state index in [2.05, 4.69) is 10.3 Å². The van der Waals surface area contributed by atoms with Crippen molar-refractivity contribution in [3.05, 3.63) is 57.4 Å². The van der Waals surface area contributed by atoms with Crippen LogP contribution in [0, 0.1) is 6.92 Å². The molecule has 0 radical (unpaired) electrons. The summed E-state index contributed by atoms with van der Waals surface area (Å²) in [4.78, 5) is 14.8. The maximum Gasteiger partial charge on any atom is 0.419 e. The molecule has 1 aromatic carbocycles. The van der Waals surface area contributed by atoms with Crippen molar-refractivity contribution in [1.82, 2.24) is 10.3 Å². The first kappa shape index (κ1) is 30.5. The van der Waals surface area contributed by atoms with Crippen molar-refractivity contribution in [3.63, 3.8) is 0 Å². The average molecular weight is 548 g/mol. The summed E-state index contributed by atoms with van der Waals surface area (Å²) in [6.07, 6.45) is -17.3. The van der Waals surface area contributed by atoms with Gasteiger partial charge >= 0.3 is 24.5 Å². The Hall–Kier alpha value is -2.74. The van der Waals surface area contributed by atoms with E-state index in [0.29, 0.717) is 12.1 Å². The number of alkyl halides is 9. The minimum Gasteiger partial charge on any atom is -0.456 e. The Morgan fingerprint density at radius 1 is 0.946 bits per heavy atom. The number of aliphatic hydroxyl groups is 1. The lowest BCUT2D eigenvalue weighted by Gasteiger charge is -2.20. The van der Waals surface area contributed by atoms with Gasteiger partial charge in [0.1, 0.15) is 5.60 Å². The number of aromatic nitrogens is 1. The minimum atomic E-state index is -5.10. The highest BCUT2D eigenvalue weighted by atomic mass is 19.4. The lowest BCUT2D eigenvalue weighted by molar-refractivity contribution is -0.143. The quantitative estimate of drug-likeness (QED) is 0.209. The lowest BCUT2D eigenvalue weighted by atomic mass is 9.99. The molecule has 0 fully saturated rings. The Kier molecular flexibility index (Phi) is 8.70. The van der Waals surface area contributed by atoms with Gasteiger partial charge in [0.05, 0.1) is 28.4 Å². The number of carbonyl (C=O) groups is 1. The summed E-state index contributed by atoms with van der Waals surface area (Å²) in [6.45, 7) is 4.91. The molecule has 1 unspecified atom stereocenters. The second kappa shape index (κ2) is 10.6. The number of esters is 1. The van der Waals surface area contributed by atoms with Crippen LogP contribution in [0.3, 0.4) is 0 Å². The van der Waals surface area contributed by atoms with Crippen LogP contribution in [0.25, 0.3) is 0 Å². The molecule has 1 heterocycles. The van der Waals surface area contributed by atoms with Gasteiger partial charge < -0.3 is 20.1 Å². The third-order valence-electron chi connectivity index (χ3n) is 5.04. The van der Waals surface area contributed by atoms with E-state index in [1.807, 2.05) is 0 Å². The number of ether oxygens (including phenoxy) is 1. The van der Waals surface area contributed by atoms with E-state index < -0.39 is 82.7 Å². The molecule has 2 rings (SSSR count). The van der Waals surface area contributed by atoms with Crippen LogP contribution in [-0.2, 0) is 29.8 Å². The summed E-state index contributed by atoms with van der Waals surface area (Å²) in [6, 6.07) is 0.676. The lowest BCUT2D eigenvalue weighted by Crippen LogP contribution is -2.26. The first-order valence-electron chi connectivity index (χ1n) is 10.8. The normalized spacial score (nSPS) is 14.1. The fourth-order valence-corrected chi connectivity index (χ4v) is 3.51. The van der Waals surface area contributed by atoms with Gasteiger partial charge in [0, 0.05) is 17.9 Å². The van der Waals surface area contributed by atoms with Crippen LogP contribution in [0.5, 0.6) is 0 Å². The van der Waals surface area contributed by atoms with Crippen LogP contribution in [0.15, 0.2) is 18.2 Å².